The van der Waals surface area contributed by atoms with Gasteiger partial charge in [-0.15, -0.1) is 0 Å². The van der Waals surface area contributed by atoms with Crippen molar-refractivity contribution in [1.29, 1.82) is 5.26 Å². The quantitative estimate of drug-likeness (QED) is 0.876. The summed E-state index contributed by atoms with van der Waals surface area (Å²) in [4.78, 5) is 14.8. The molecule has 0 N–H and O–H groups in total. The Labute approximate surface area is 135 Å². The second kappa shape index (κ2) is 6.57. The highest BCUT2D eigenvalue weighted by Gasteiger charge is 2.24. The lowest BCUT2D eigenvalue weighted by Crippen LogP contribution is -2.37. The summed E-state index contributed by atoms with van der Waals surface area (Å²) >= 11 is 0. The van der Waals surface area contributed by atoms with Gasteiger partial charge in [-0.25, -0.2) is 0 Å². The Bertz CT molecular complexity index is 752. The molecule has 0 radical (unpaired) electrons. The topological polar surface area (TPSA) is 58.3 Å². The predicted molar refractivity (Wildman–Crippen MR) is 86.8 cm³/mol. The van der Waals surface area contributed by atoms with Crippen LogP contribution in [0.15, 0.2) is 36.5 Å². The van der Waals surface area contributed by atoms with Gasteiger partial charge in [-0.1, -0.05) is 6.07 Å². The molecule has 1 aromatic heterocycles. The predicted octanol–water partition coefficient (Wildman–Crippen LogP) is 2.98. The normalized spacial score (nSPS) is 14.3. The van der Waals surface area contributed by atoms with Gasteiger partial charge in [-0.3, -0.25) is 4.79 Å². The van der Waals surface area contributed by atoms with Gasteiger partial charge in [0, 0.05) is 31.0 Å². The first-order chi connectivity index (χ1) is 11.2. The van der Waals surface area contributed by atoms with Crippen LogP contribution in [-0.2, 0) is 0 Å². The first-order valence-corrected chi connectivity index (χ1v) is 7.79. The van der Waals surface area contributed by atoms with E-state index >= 15 is 0 Å². The van der Waals surface area contributed by atoms with Crippen molar-refractivity contribution < 1.29 is 9.53 Å². The lowest BCUT2D eigenvalue weighted by Gasteiger charge is -2.27. The largest absolute Gasteiger partial charge is 0.497 e. The van der Waals surface area contributed by atoms with Gasteiger partial charge in [0.1, 0.15) is 17.5 Å². The summed E-state index contributed by atoms with van der Waals surface area (Å²) in [5, 5.41) is 9.37. The van der Waals surface area contributed by atoms with Crippen LogP contribution in [0.3, 0.4) is 0 Å². The highest BCUT2D eigenvalue weighted by molar-refractivity contribution is 5.96. The number of rotatable bonds is 3. The summed E-state index contributed by atoms with van der Waals surface area (Å²) in [6, 6.07) is 11.3. The Kier molecular flexibility index (Phi) is 4.33. The van der Waals surface area contributed by atoms with Gasteiger partial charge in [0.05, 0.1) is 12.7 Å². The fourth-order valence-electron chi connectivity index (χ4n) is 2.96. The van der Waals surface area contributed by atoms with Crippen molar-refractivity contribution in [2.75, 3.05) is 20.2 Å². The molecule has 5 heteroatoms. The second-order valence-electron chi connectivity index (χ2n) is 5.61. The molecule has 5 nitrogen and oxygen atoms in total. The molecule has 0 aliphatic carbocycles. The smallest absolute Gasteiger partial charge is 0.272 e. The van der Waals surface area contributed by atoms with Crippen LogP contribution in [0.2, 0.25) is 0 Å². The molecule has 118 valence electrons. The molecule has 0 atom stereocenters. The minimum Gasteiger partial charge on any atom is -0.497 e. The molecule has 23 heavy (non-hydrogen) atoms. The van der Waals surface area contributed by atoms with E-state index in [2.05, 4.69) is 6.07 Å². The molecule has 1 aromatic carbocycles. The number of carbonyl (C=O) groups is 1. The SMILES string of the molecule is COc1cccc(-n2ccc(C#N)c2C(=O)N2CCCCC2)c1. The summed E-state index contributed by atoms with van der Waals surface area (Å²) in [5.41, 5.74) is 1.65. The molecule has 0 bridgehead atoms. The number of nitrogens with zero attached hydrogens (tertiary/aromatic N) is 3. The lowest BCUT2D eigenvalue weighted by atomic mass is 10.1. The van der Waals surface area contributed by atoms with Crippen LogP contribution >= 0.6 is 0 Å². The Morgan fingerprint density at radius 1 is 1.22 bits per heavy atom. The van der Waals surface area contributed by atoms with Crippen molar-refractivity contribution >= 4 is 5.91 Å². The monoisotopic (exact) mass is 309 g/mol. The Balaban J connectivity index is 2.03. The van der Waals surface area contributed by atoms with Gasteiger partial charge in [0.15, 0.2) is 0 Å². The van der Waals surface area contributed by atoms with Gasteiger partial charge in [0.2, 0.25) is 0 Å². The van der Waals surface area contributed by atoms with E-state index in [0.717, 1.165) is 38.0 Å². The molecule has 1 aliphatic rings. The van der Waals surface area contributed by atoms with E-state index in [1.54, 1.807) is 23.9 Å². The number of likely N-dealkylation sites (tertiary alicyclic amines) is 1. The molecule has 0 unspecified atom stereocenters. The molecule has 0 saturated carbocycles. The average Bonchev–Trinajstić information content (AvgIpc) is 3.06. The van der Waals surface area contributed by atoms with Crippen LogP contribution in [0, 0.1) is 11.3 Å². The van der Waals surface area contributed by atoms with Crippen LogP contribution in [0.25, 0.3) is 5.69 Å². The van der Waals surface area contributed by atoms with Gasteiger partial charge in [0.25, 0.3) is 5.91 Å². The van der Waals surface area contributed by atoms with Crippen molar-refractivity contribution in [3.63, 3.8) is 0 Å². The number of carbonyl (C=O) groups excluding carboxylic acids is 1. The van der Waals surface area contributed by atoms with Gasteiger partial charge in [-0.2, -0.15) is 5.26 Å². The Morgan fingerprint density at radius 2 is 2.00 bits per heavy atom. The van der Waals surface area contributed by atoms with E-state index in [1.165, 1.54) is 0 Å². The van der Waals surface area contributed by atoms with E-state index in [-0.39, 0.29) is 5.91 Å². The minimum atomic E-state index is -0.0749. The lowest BCUT2D eigenvalue weighted by molar-refractivity contribution is 0.0716. The van der Waals surface area contributed by atoms with Crippen molar-refractivity contribution in [1.82, 2.24) is 9.47 Å². The molecular weight excluding hydrogens is 290 g/mol. The molecule has 2 heterocycles. The van der Waals surface area contributed by atoms with Crippen LogP contribution in [0.5, 0.6) is 5.75 Å². The van der Waals surface area contributed by atoms with Crippen LogP contribution in [0.4, 0.5) is 0 Å². The molecule has 1 saturated heterocycles. The highest BCUT2D eigenvalue weighted by Crippen LogP contribution is 2.23. The molecular formula is C18H19N3O2. The molecule has 0 spiro atoms. The summed E-state index contributed by atoms with van der Waals surface area (Å²) in [6.45, 7) is 1.51. The van der Waals surface area contributed by atoms with Crippen molar-refractivity contribution in [3.8, 4) is 17.5 Å². The Morgan fingerprint density at radius 3 is 2.70 bits per heavy atom. The summed E-state index contributed by atoms with van der Waals surface area (Å²) < 4.78 is 7.03. The number of amides is 1. The fraction of sp³-hybridized carbons (Fsp3) is 0.333. The fourth-order valence-corrected chi connectivity index (χ4v) is 2.96. The molecule has 1 fully saturated rings. The van der Waals surface area contributed by atoms with E-state index in [0.29, 0.717) is 17.0 Å². The maximum absolute atomic E-state index is 12.9. The standard InChI is InChI=1S/C18H19N3O2/c1-23-16-7-5-6-15(12-16)21-11-8-14(13-19)17(21)18(22)20-9-3-2-4-10-20/h5-8,11-12H,2-4,9-10H2,1H3. The number of ether oxygens (including phenoxy) is 1. The number of aromatic nitrogens is 1. The summed E-state index contributed by atoms with van der Waals surface area (Å²) in [6.07, 6.45) is 4.97. The molecule has 2 aromatic rings. The maximum atomic E-state index is 12.9. The first-order valence-electron chi connectivity index (χ1n) is 7.79. The van der Waals surface area contributed by atoms with Crippen LogP contribution < -0.4 is 4.74 Å². The van der Waals surface area contributed by atoms with Crippen molar-refractivity contribution in [2.24, 2.45) is 0 Å². The summed E-state index contributed by atoms with van der Waals surface area (Å²) in [5.74, 6) is 0.639. The second-order valence-corrected chi connectivity index (χ2v) is 5.61. The van der Waals surface area contributed by atoms with Crippen LogP contribution in [0.1, 0.15) is 35.3 Å². The third-order valence-corrected chi connectivity index (χ3v) is 4.18. The zero-order valence-corrected chi connectivity index (χ0v) is 13.2. The third-order valence-electron chi connectivity index (χ3n) is 4.18. The molecule has 1 aliphatic heterocycles. The molecule has 1 amide bonds. The zero-order valence-electron chi connectivity index (χ0n) is 13.2. The number of piperidine rings is 1. The van der Waals surface area contributed by atoms with Gasteiger partial charge in [-0.05, 0) is 37.5 Å². The van der Waals surface area contributed by atoms with E-state index in [4.69, 9.17) is 4.74 Å². The third kappa shape index (κ3) is 2.93. The summed E-state index contributed by atoms with van der Waals surface area (Å²) in [7, 11) is 1.61. The maximum Gasteiger partial charge on any atom is 0.272 e. The Hall–Kier alpha value is -2.74. The minimum absolute atomic E-state index is 0.0749. The van der Waals surface area contributed by atoms with E-state index < -0.39 is 0 Å². The first kappa shape index (κ1) is 15.2. The van der Waals surface area contributed by atoms with E-state index in [1.807, 2.05) is 29.2 Å². The van der Waals surface area contributed by atoms with E-state index in [9.17, 15) is 10.1 Å². The van der Waals surface area contributed by atoms with Gasteiger partial charge >= 0.3 is 0 Å². The van der Waals surface area contributed by atoms with Crippen molar-refractivity contribution in [3.05, 3.63) is 47.8 Å². The molecule has 3 rings (SSSR count). The number of hydrogen-bond acceptors (Lipinski definition) is 3. The zero-order chi connectivity index (χ0) is 16.2. The number of methoxy groups -OCH3 is 1. The number of benzene rings is 1. The highest BCUT2D eigenvalue weighted by atomic mass is 16.5. The van der Waals surface area contributed by atoms with Crippen molar-refractivity contribution in [2.45, 2.75) is 19.3 Å². The van der Waals surface area contributed by atoms with Crippen LogP contribution in [-0.4, -0.2) is 35.6 Å². The van der Waals surface area contributed by atoms with Gasteiger partial charge < -0.3 is 14.2 Å². The number of nitriles is 1. The number of hydrogen-bond donors (Lipinski definition) is 0. The average molecular weight is 309 g/mol.